The van der Waals surface area contributed by atoms with Gasteiger partial charge in [-0.3, -0.25) is 4.98 Å². The van der Waals surface area contributed by atoms with E-state index in [1.165, 1.54) is 24.1 Å². The minimum absolute atomic E-state index is 0.352. The van der Waals surface area contributed by atoms with Crippen LogP contribution in [0.25, 0.3) is 0 Å². The van der Waals surface area contributed by atoms with E-state index in [1.54, 1.807) is 0 Å². The number of aryl methyl sites for hydroxylation is 1. The van der Waals surface area contributed by atoms with Crippen molar-refractivity contribution >= 4 is 5.82 Å². The largest absolute Gasteiger partial charge is 0.370 e. The molecule has 0 spiro atoms. The van der Waals surface area contributed by atoms with Gasteiger partial charge in [0, 0.05) is 48.6 Å². The molecule has 2 aromatic heterocycles. The molecule has 0 atom stereocenters. The van der Waals surface area contributed by atoms with Crippen LogP contribution in [0.2, 0.25) is 0 Å². The van der Waals surface area contributed by atoms with E-state index in [4.69, 9.17) is 15.7 Å². The average molecular weight is 323 g/mol. The van der Waals surface area contributed by atoms with Gasteiger partial charge in [0.15, 0.2) is 0 Å². The van der Waals surface area contributed by atoms with Crippen LogP contribution < -0.4 is 11.1 Å². The smallest absolute Gasteiger partial charge is 0.134 e. The van der Waals surface area contributed by atoms with Gasteiger partial charge in [-0.1, -0.05) is 6.07 Å². The predicted octanol–water partition coefficient (Wildman–Crippen LogP) is 3.00. The molecule has 2 heterocycles. The number of anilines is 1. The lowest BCUT2D eigenvalue weighted by Crippen LogP contribution is -2.35. The summed E-state index contributed by atoms with van der Waals surface area (Å²) < 4.78 is 0. The van der Waals surface area contributed by atoms with Crippen LogP contribution in [-0.2, 0) is 6.42 Å². The molecule has 0 amide bonds. The Balaban J connectivity index is 1.37. The third-order valence-electron chi connectivity index (χ3n) is 4.97. The van der Waals surface area contributed by atoms with Gasteiger partial charge in [-0.15, -0.1) is 0 Å². The van der Waals surface area contributed by atoms with Gasteiger partial charge in [0.2, 0.25) is 0 Å². The summed E-state index contributed by atoms with van der Waals surface area (Å²) in [6.45, 7) is 0.916. The third-order valence-corrected chi connectivity index (χ3v) is 4.97. The SMILES string of the molecule is NC1CC(c2cc(NCCCc3cccnc3)nc(C3CC3)n2)C1. The number of hydrogen-bond donors (Lipinski definition) is 2. The molecular formula is C19H25N5. The zero-order valence-corrected chi connectivity index (χ0v) is 14.0. The van der Waals surface area contributed by atoms with Crippen molar-refractivity contribution in [2.75, 3.05) is 11.9 Å². The van der Waals surface area contributed by atoms with E-state index in [1.807, 2.05) is 18.5 Å². The Labute approximate surface area is 143 Å². The molecule has 2 aromatic rings. The fraction of sp³-hybridized carbons (Fsp3) is 0.526. The van der Waals surface area contributed by atoms with Crippen molar-refractivity contribution in [2.24, 2.45) is 5.73 Å². The summed E-state index contributed by atoms with van der Waals surface area (Å²) >= 11 is 0. The molecule has 0 bridgehead atoms. The Morgan fingerprint density at radius 2 is 2.04 bits per heavy atom. The van der Waals surface area contributed by atoms with Crippen molar-refractivity contribution in [3.63, 3.8) is 0 Å². The van der Waals surface area contributed by atoms with Crippen LogP contribution in [-0.4, -0.2) is 27.5 Å². The van der Waals surface area contributed by atoms with E-state index in [9.17, 15) is 0 Å². The molecule has 2 fully saturated rings. The maximum absolute atomic E-state index is 5.94. The summed E-state index contributed by atoms with van der Waals surface area (Å²) in [5.41, 5.74) is 8.41. The molecule has 0 unspecified atom stereocenters. The van der Waals surface area contributed by atoms with Gasteiger partial charge < -0.3 is 11.1 Å². The fourth-order valence-corrected chi connectivity index (χ4v) is 3.27. The summed E-state index contributed by atoms with van der Waals surface area (Å²) in [6.07, 6.45) is 10.4. The highest BCUT2D eigenvalue weighted by molar-refractivity contribution is 5.38. The Kier molecular flexibility index (Phi) is 4.43. The first-order valence-electron chi connectivity index (χ1n) is 9.05. The molecule has 0 aromatic carbocycles. The van der Waals surface area contributed by atoms with Gasteiger partial charge in [0.05, 0.1) is 0 Å². The van der Waals surface area contributed by atoms with Crippen molar-refractivity contribution in [1.82, 2.24) is 15.0 Å². The molecular weight excluding hydrogens is 298 g/mol. The molecule has 4 rings (SSSR count). The van der Waals surface area contributed by atoms with Gasteiger partial charge in [0.25, 0.3) is 0 Å². The van der Waals surface area contributed by atoms with Gasteiger partial charge >= 0.3 is 0 Å². The second-order valence-corrected chi connectivity index (χ2v) is 7.13. The number of nitrogens with zero attached hydrogens (tertiary/aromatic N) is 3. The summed E-state index contributed by atoms with van der Waals surface area (Å²) in [5.74, 6) is 3.11. The highest BCUT2D eigenvalue weighted by Crippen LogP contribution is 2.41. The lowest BCUT2D eigenvalue weighted by atomic mass is 9.78. The number of nitrogens with one attached hydrogen (secondary N) is 1. The third kappa shape index (κ3) is 3.73. The first kappa shape index (κ1) is 15.5. The number of hydrogen-bond acceptors (Lipinski definition) is 5. The zero-order valence-electron chi connectivity index (χ0n) is 14.0. The molecule has 0 saturated heterocycles. The Morgan fingerprint density at radius 3 is 2.75 bits per heavy atom. The predicted molar refractivity (Wildman–Crippen MR) is 95.0 cm³/mol. The monoisotopic (exact) mass is 323 g/mol. The van der Waals surface area contributed by atoms with Gasteiger partial charge in [-0.25, -0.2) is 9.97 Å². The highest BCUT2D eigenvalue weighted by atomic mass is 15.0. The van der Waals surface area contributed by atoms with E-state index < -0.39 is 0 Å². The van der Waals surface area contributed by atoms with Crippen LogP contribution in [0.3, 0.4) is 0 Å². The fourth-order valence-electron chi connectivity index (χ4n) is 3.27. The van der Waals surface area contributed by atoms with Gasteiger partial charge in [-0.05, 0) is 50.2 Å². The Bertz CT molecular complexity index is 677. The van der Waals surface area contributed by atoms with Gasteiger partial charge in [-0.2, -0.15) is 0 Å². The molecule has 2 aliphatic rings. The van der Waals surface area contributed by atoms with Crippen LogP contribution in [0, 0.1) is 0 Å². The van der Waals surface area contributed by atoms with Crippen LogP contribution in [0.1, 0.15) is 61.0 Å². The van der Waals surface area contributed by atoms with Crippen molar-refractivity contribution < 1.29 is 0 Å². The van der Waals surface area contributed by atoms with Crippen LogP contribution in [0.4, 0.5) is 5.82 Å². The summed E-state index contributed by atoms with van der Waals surface area (Å²) in [4.78, 5) is 13.7. The molecule has 3 N–H and O–H groups in total. The number of rotatable bonds is 7. The summed E-state index contributed by atoms with van der Waals surface area (Å²) in [7, 11) is 0. The Hall–Kier alpha value is -2.01. The maximum Gasteiger partial charge on any atom is 0.134 e. The molecule has 126 valence electrons. The molecule has 24 heavy (non-hydrogen) atoms. The first-order chi connectivity index (χ1) is 11.8. The second-order valence-electron chi connectivity index (χ2n) is 7.13. The summed E-state index contributed by atoms with van der Waals surface area (Å²) in [6, 6.07) is 6.60. The lowest BCUT2D eigenvalue weighted by Gasteiger charge is -2.32. The van der Waals surface area contributed by atoms with Crippen LogP contribution in [0.5, 0.6) is 0 Å². The standard InChI is InChI=1S/C19H25N5/c20-16-9-15(10-16)17-11-18(24-19(23-17)14-5-6-14)22-8-2-4-13-3-1-7-21-12-13/h1,3,7,11-12,14-16H,2,4-6,8-10,20H2,(H,22,23,24). The molecule has 2 saturated carbocycles. The van der Waals surface area contributed by atoms with Crippen molar-refractivity contribution in [3.8, 4) is 0 Å². The minimum Gasteiger partial charge on any atom is -0.370 e. The molecule has 5 nitrogen and oxygen atoms in total. The van der Waals surface area contributed by atoms with Crippen molar-refractivity contribution in [3.05, 3.63) is 47.7 Å². The molecule has 5 heteroatoms. The summed E-state index contributed by atoms with van der Waals surface area (Å²) in [5, 5.41) is 3.49. The number of aromatic nitrogens is 3. The van der Waals surface area contributed by atoms with Crippen molar-refractivity contribution in [1.29, 1.82) is 0 Å². The first-order valence-corrected chi connectivity index (χ1v) is 9.05. The van der Waals surface area contributed by atoms with E-state index in [-0.39, 0.29) is 0 Å². The van der Waals surface area contributed by atoms with Crippen LogP contribution in [0.15, 0.2) is 30.6 Å². The van der Waals surface area contributed by atoms with Gasteiger partial charge in [0.1, 0.15) is 11.6 Å². The van der Waals surface area contributed by atoms with E-state index >= 15 is 0 Å². The van der Waals surface area contributed by atoms with Crippen molar-refractivity contribution in [2.45, 2.75) is 56.4 Å². The van der Waals surface area contributed by atoms with E-state index in [0.717, 1.165) is 43.9 Å². The quantitative estimate of drug-likeness (QED) is 0.766. The maximum atomic E-state index is 5.94. The van der Waals surface area contributed by atoms with Crippen LogP contribution >= 0.6 is 0 Å². The highest BCUT2D eigenvalue weighted by Gasteiger charge is 2.32. The molecule has 2 aliphatic carbocycles. The average Bonchev–Trinajstić information content (AvgIpc) is 3.42. The second kappa shape index (κ2) is 6.85. The minimum atomic E-state index is 0.352. The van der Waals surface area contributed by atoms with E-state index in [0.29, 0.717) is 17.9 Å². The topological polar surface area (TPSA) is 76.7 Å². The molecule has 0 radical (unpaired) electrons. The number of pyridine rings is 1. The van der Waals surface area contributed by atoms with E-state index in [2.05, 4.69) is 22.4 Å². The zero-order chi connectivity index (χ0) is 16.4. The lowest BCUT2D eigenvalue weighted by molar-refractivity contribution is 0.344. The molecule has 0 aliphatic heterocycles. The number of nitrogens with two attached hydrogens (primary N) is 1. The Morgan fingerprint density at radius 1 is 1.17 bits per heavy atom. The normalized spacial score (nSPS) is 22.9.